The van der Waals surface area contributed by atoms with Crippen molar-refractivity contribution in [1.29, 1.82) is 0 Å². The fourth-order valence-corrected chi connectivity index (χ4v) is 6.42. The van der Waals surface area contributed by atoms with E-state index in [9.17, 15) is 26.4 Å². The summed E-state index contributed by atoms with van der Waals surface area (Å²) in [5.41, 5.74) is -1.34. The number of para-hydroxylation sites is 1. The van der Waals surface area contributed by atoms with Gasteiger partial charge in [0.25, 0.3) is 10.0 Å². The van der Waals surface area contributed by atoms with E-state index in [4.69, 9.17) is 16.3 Å². The number of amides is 1. The van der Waals surface area contributed by atoms with Crippen molar-refractivity contribution < 1.29 is 31.1 Å². The molecule has 0 bridgehead atoms. The van der Waals surface area contributed by atoms with Crippen molar-refractivity contribution in [2.24, 2.45) is 0 Å². The van der Waals surface area contributed by atoms with Crippen molar-refractivity contribution in [2.75, 3.05) is 10.8 Å². The van der Waals surface area contributed by atoms with E-state index < -0.39 is 51.5 Å². The van der Waals surface area contributed by atoms with Crippen LogP contribution in [0.3, 0.4) is 0 Å². The molecule has 0 saturated heterocycles. The average molecular weight is 581 g/mol. The van der Waals surface area contributed by atoms with Gasteiger partial charge in [-0.3, -0.25) is 9.10 Å². The molecule has 0 fully saturated rings. The van der Waals surface area contributed by atoms with Crippen molar-refractivity contribution in [3.8, 4) is 5.75 Å². The highest BCUT2D eigenvalue weighted by Gasteiger charge is 2.40. The van der Waals surface area contributed by atoms with Crippen LogP contribution in [0.15, 0.2) is 77.7 Å². The molecule has 1 aliphatic heterocycles. The van der Waals surface area contributed by atoms with Crippen molar-refractivity contribution in [2.45, 2.75) is 55.8 Å². The topological polar surface area (TPSA) is 75.7 Å². The maximum atomic E-state index is 13.7. The summed E-state index contributed by atoms with van der Waals surface area (Å²) in [5, 5.41) is 2.65. The van der Waals surface area contributed by atoms with Crippen LogP contribution in [-0.4, -0.2) is 26.5 Å². The molecular weight excluding hydrogens is 553 g/mol. The molecule has 6 nitrogen and oxygen atoms in total. The molecular formula is C28H28ClF3N2O4S. The first-order valence-electron chi connectivity index (χ1n) is 12.4. The lowest BCUT2D eigenvalue weighted by Gasteiger charge is -2.41. The maximum absolute atomic E-state index is 13.7. The molecule has 1 N–H and O–H groups in total. The zero-order chi connectivity index (χ0) is 28.4. The lowest BCUT2D eigenvalue weighted by Crippen LogP contribution is -2.47. The smallest absolute Gasteiger partial charge is 0.416 e. The average Bonchev–Trinajstić information content (AvgIpc) is 2.91. The van der Waals surface area contributed by atoms with Crippen molar-refractivity contribution in [1.82, 2.24) is 5.32 Å². The van der Waals surface area contributed by atoms with Gasteiger partial charge in [0, 0.05) is 12.0 Å². The van der Waals surface area contributed by atoms with Crippen LogP contribution >= 0.6 is 11.6 Å². The number of carbonyl (C=O) groups is 1. The summed E-state index contributed by atoms with van der Waals surface area (Å²) < 4.78 is 74.8. The first-order valence-corrected chi connectivity index (χ1v) is 14.2. The Hall–Kier alpha value is -3.24. The zero-order valence-electron chi connectivity index (χ0n) is 21.3. The molecule has 1 atom stereocenters. The minimum Gasteiger partial charge on any atom is -0.487 e. The number of rotatable bonds is 8. The Morgan fingerprint density at radius 2 is 1.69 bits per heavy atom. The highest BCUT2D eigenvalue weighted by molar-refractivity contribution is 7.92. The van der Waals surface area contributed by atoms with E-state index in [-0.39, 0.29) is 9.92 Å². The third-order valence-electron chi connectivity index (χ3n) is 6.98. The Balaban J connectivity index is 1.73. The van der Waals surface area contributed by atoms with Crippen LogP contribution < -0.4 is 14.4 Å². The molecule has 0 radical (unpaired) electrons. The molecule has 39 heavy (non-hydrogen) atoms. The molecule has 0 aliphatic carbocycles. The second-order valence-electron chi connectivity index (χ2n) is 9.34. The molecule has 11 heteroatoms. The number of fused-ring (bicyclic) bond motifs is 1. The molecule has 1 amide bonds. The molecule has 1 unspecified atom stereocenters. The first kappa shape index (κ1) is 28.8. The van der Waals surface area contributed by atoms with Gasteiger partial charge in [0.05, 0.1) is 27.2 Å². The van der Waals surface area contributed by atoms with E-state index in [0.29, 0.717) is 35.4 Å². The minimum atomic E-state index is -4.75. The lowest BCUT2D eigenvalue weighted by molar-refractivity contribution is -0.137. The summed E-state index contributed by atoms with van der Waals surface area (Å²) in [6.07, 6.45) is -2.95. The lowest BCUT2D eigenvalue weighted by atomic mass is 9.83. The quantitative estimate of drug-likeness (QED) is 0.320. The zero-order valence-corrected chi connectivity index (χ0v) is 22.9. The van der Waals surface area contributed by atoms with Crippen LogP contribution in [0.5, 0.6) is 5.75 Å². The second-order valence-corrected chi connectivity index (χ2v) is 11.6. The Morgan fingerprint density at radius 1 is 1.05 bits per heavy atom. The van der Waals surface area contributed by atoms with Gasteiger partial charge in [0.15, 0.2) is 0 Å². The van der Waals surface area contributed by atoms with Gasteiger partial charge >= 0.3 is 6.18 Å². The van der Waals surface area contributed by atoms with Crippen molar-refractivity contribution in [3.63, 3.8) is 0 Å². The summed E-state index contributed by atoms with van der Waals surface area (Å²) in [7, 11) is -4.47. The number of sulfonamides is 1. The molecule has 3 aromatic rings. The third kappa shape index (κ3) is 6.01. The summed E-state index contributed by atoms with van der Waals surface area (Å²) >= 11 is 6.23. The number of nitrogens with one attached hydrogen (secondary N) is 1. The third-order valence-corrected chi connectivity index (χ3v) is 9.08. The second kappa shape index (κ2) is 11.1. The number of ether oxygens (including phenoxy) is 1. The number of hydrogen-bond acceptors (Lipinski definition) is 4. The number of halogens is 4. The molecule has 0 saturated carbocycles. The predicted octanol–water partition coefficient (Wildman–Crippen LogP) is 6.75. The Morgan fingerprint density at radius 3 is 2.33 bits per heavy atom. The van der Waals surface area contributed by atoms with Crippen molar-refractivity contribution in [3.05, 3.63) is 88.9 Å². The fraction of sp³-hybridized carbons (Fsp3) is 0.321. The Bertz CT molecular complexity index is 1440. The predicted molar refractivity (Wildman–Crippen MR) is 143 cm³/mol. The van der Waals surface area contributed by atoms with Crippen LogP contribution in [0.1, 0.15) is 50.3 Å². The molecule has 0 spiro atoms. The molecule has 1 aliphatic rings. The Kier molecular flexibility index (Phi) is 8.18. The fourth-order valence-electron chi connectivity index (χ4n) is 4.70. The van der Waals surface area contributed by atoms with Crippen LogP contribution in [0.25, 0.3) is 0 Å². The summed E-state index contributed by atoms with van der Waals surface area (Å²) in [6, 6.07) is 16.3. The van der Waals surface area contributed by atoms with Gasteiger partial charge in [0.2, 0.25) is 5.91 Å². The van der Waals surface area contributed by atoms with Crippen molar-refractivity contribution >= 4 is 33.2 Å². The number of nitrogens with zero attached hydrogens (tertiary/aromatic N) is 1. The molecule has 1 heterocycles. The highest BCUT2D eigenvalue weighted by Crippen LogP contribution is 2.43. The molecule has 4 rings (SSSR count). The van der Waals surface area contributed by atoms with Gasteiger partial charge in [-0.25, -0.2) is 8.42 Å². The molecule has 0 aromatic heterocycles. The van der Waals surface area contributed by atoms with Crippen LogP contribution in [-0.2, 0) is 21.0 Å². The van der Waals surface area contributed by atoms with Crippen LogP contribution in [0, 0.1) is 0 Å². The van der Waals surface area contributed by atoms with Gasteiger partial charge in [-0.1, -0.05) is 61.8 Å². The van der Waals surface area contributed by atoms with Crippen LogP contribution in [0.4, 0.5) is 18.9 Å². The SMILES string of the molecule is CCC1(CC)CC(NC(=O)CN(c2cc(C(F)(F)F)ccc2Cl)S(=O)(=O)c2ccccc2)c2ccccc2O1. The van der Waals surface area contributed by atoms with E-state index in [0.717, 1.165) is 17.7 Å². The summed E-state index contributed by atoms with van der Waals surface area (Å²) in [6.45, 7) is 3.18. The van der Waals surface area contributed by atoms with Crippen LogP contribution in [0.2, 0.25) is 5.02 Å². The maximum Gasteiger partial charge on any atom is 0.416 e. The number of carbonyl (C=O) groups excluding carboxylic acids is 1. The number of alkyl halides is 3. The van der Waals surface area contributed by atoms with Gasteiger partial charge in [-0.15, -0.1) is 0 Å². The summed E-state index contributed by atoms with van der Waals surface area (Å²) in [4.78, 5) is 13.2. The van der Waals surface area contributed by atoms with Gasteiger partial charge in [-0.2, -0.15) is 13.2 Å². The van der Waals surface area contributed by atoms with E-state index >= 15 is 0 Å². The minimum absolute atomic E-state index is 0.196. The largest absolute Gasteiger partial charge is 0.487 e. The number of anilines is 1. The van der Waals surface area contributed by atoms with E-state index in [2.05, 4.69) is 5.32 Å². The van der Waals surface area contributed by atoms with E-state index in [1.165, 1.54) is 24.3 Å². The normalized spacial score (nSPS) is 16.6. The Labute approximate surface area is 230 Å². The van der Waals surface area contributed by atoms with E-state index in [1.807, 2.05) is 32.0 Å². The van der Waals surface area contributed by atoms with Gasteiger partial charge in [0.1, 0.15) is 17.9 Å². The highest BCUT2D eigenvalue weighted by atomic mass is 35.5. The monoisotopic (exact) mass is 580 g/mol. The van der Waals surface area contributed by atoms with Gasteiger partial charge in [-0.05, 0) is 49.2 Å². The molecule has 208 valence electrons. The first-order chi connectivity index (χ1) is 18.4. The van der Waals surface area contributed by atoms with Gasteiger partial charge < -0.3 is 10.1 Å². The van der Waals surface area contributed by atoms with E-state index in [1.54, 1.807) is 12.1 Å². The molecule has 3 aromatic carbocycles. The number of benzene rings is 3. The summed E-state index contributed by atoms with van der Waals surface area (Å²) in [5.74, 6) is -0.0850. The standard InChI is InChI=1S/C28H28ClF3N2O4S/c1-3-27(4-2)17-23(21-12-8-9-13-25(21)38-27)33-26(35)18-34(39(36,37)20-10-6-5-7-11-20)24-16-19(28(30,31)32)14-15-22(24)29/h5-16,23H,3-4,17-18H2,1-2H3,(H,33,35). The number of hydrogen-bond donors (Lipinski definition) is 1.